The Labute approximate surface area is 85.2 Å². The molecule has 0 aliphatic heterocycles. The molecule has 0 aliphatic carbocycles. The van der Waals surface area contributed by atoms with Crippen LogP contribution in [0.15, 0.2) is 22.7 Å². The highest BCUT2D eigenvalue weighted by atomic mass is 79.9. The molecule has 1 rings (SSSR count). The summed E-state index contributed by atoms with van der Waals surface area (Å²) in [5.41, 5.74) is 0.721. The molecule has 70 valence electrons. The predicted octanol–water partition coefficient (Wildman–Crippen LogP) is 2.42. The van der Waals surface area contributed by atoms with Gasteiger partial charge < -0.3 is 10.1 Å². The van der Waals surface area contributed by atoms with Crippen LogP contribution in [0.2, 0.25) is 0 Å². The molecule has 1 aromatic carbocycles. The lowest BCUT2D eigenvalue weighted by Gasteiger charge is -2.05. The van der Waals surface area contributed by atoms with Gasteiger partial charge in [-0.25, -0.2) is 0 Å². The Bertz CT molecular complexity index is 325. The number of hydrogen-bond acceptors (Lipinski definition) is 2. The van der Waals surface area contributed by atoms with Crippen molar-refractivity contribution in [2.45, 2.75) is 6.92 Å². The Morgan fingerprint density at radius 3 is 2.69 bits per heavy atom. The summed E-state index contributed by atoms with van der Waals surface area (Å²) in [4.78, 5) is 10.8. The largest absolute Gasteiger partial charge is 0.497 e. The molecular weight excluding hydrogens is 234 g/mol. The van der Waals surface area contributed by atoms with E-state index in [-0.39, 0.29) is 5.91 Å². The SMILES string of the molecule is COc1cc(Br)cc(NC(C)=O)c1. The molecular formula is C9H10BrNO2. The maximum atomic E-state index is 10.8. The molecule has 1 amide bonds. The summed E-state index contributed by atoms with van der Waals surface area (Å²) in [6.07, 6.45) is 0. The highest BCUT2D eigenvalue weighted by Gasteiger charge is 2.00. The van der Waals surface area contributed by atoms with Gasteiger partial charge in [0.15, 0.2) is 0 Å². The number of carbonyl (C=O) groups is 1. The number of methoxy groups -OCH3 is 1. The molecule has 0 bridgehead atoms. The van der Waals surface area contributed by atoms with E-state index in [9.17, 15) is 4.79 Å². The smallest absolute Gasteiger partial charge is 0.221 e. The normalized spacial score (nSPS) is 9.46. The molecule has 13 heavy (non-hydrogen) atoms. The van der Waals surface area contributed by atoms with Gasteiger partial charge in [0.2, 0.25) is 5.91 Å². The third kappa shape index (κ3) is 3.06. The van der Waals surface area contributed by atoms with Gasteiger partial charge in [-0.05, 0) is 12.1 Å². The number of carbonyl (C=O) groups excluding carboxylic acids is 1. The minimum Gasteiger partial charge on any atom is -0.497 e. The van der Waals surface area contributed by atoms with Crippen LogP contribution in [-0.4, -0.2) is 13.0 Å². The molecule has 0 spiro atoms. The topological polar surface area (TPSA) is 38.3 Å². The predicted molar refractivity (Wildman–Crippen MR) is 55.0 cm³/mol. The van der Waals surface area contributed by atoms with Gasteiger partial charge in [0.25, 0.3) is 0 Å². The van der Waals surface area contributed by atoms with Gasteiger partial charge >= 0.3 is 0 Å². The summed E-state index contributed by atoms with van der Waals surface area (Å²) in [5, 5.41) is 2.67. The van der Waals surface area contributed by atoms with Gasteiger partial charge in [-0.2, -0.15) is 0 Å². The fraction of sp³-hybridized carbons (Fsp3) is 0.222. The van der Waals surface area contributed by atoms with E-state index in [2.05, 4.69) is 21.2 Å². The summed E-state index contributed by atoms with van der Waals surface area (Å²) >= 11 is 3.31. The van der Waals surface area contributed by atoms with E-state index in [0.29, 0.717) is 5.75 Å². The highest BCUT2D eigenvalue weighted by Crippen LogP contribution is 2.24. The number of nitrogens with one attached hydrogen (secondary N) is 1. The first-order chi connectivity index (χ1) is 6.11. The molecule has 1 aromatic rings. The third-order valence-corrected chi connectivity index (χ3v) is 1.89. The van der Waals surface area contributed by atoms with Crippen LogP contribution >= 0.6 is 15.9 Å². The molecule has 3 nitrogen and oxygen atoms in total. The van der Waals surface area contributed by atoms with Gasteiger partial charge in [-0.1, -0.05) is 15.9 Å². The van der Waals surface area contributed by atoms with Gasteiger partial charge in [0.1, 0.15) is 5.75 Å². The minimum absolute atomic E-state index is 0.0971. The lowest BCUT2D eigenvalue weighted by atomic mass is 10.3. The highest BCUT2D eigenvalue weighted by molar-refractivity contribution is 9.10. The van der Waals surface area contributed by atoms with Crippen molar-refractivity contribution in [3.63, 3.8) is 0 Å². The molecule has 0 heterocycles. The lowest BCUT2D eigenvalue weighted by Crippen LogP contribution is -2.05. The Morgan fingerprint density at radius 1 is 1.46 bits per heavy atom. The molecule has 0 atom stereocenters. The zero-order valence-corrected chi connectivity index (χ0v) is 9.01. The Kier molecular flexibility index (Phi) is 3.31. The first kappa shape index (κ1) is 10.1. The maximum absolute atomic E-state index is 10.8. The van der Waals surface area contributed by atoms with Gasteiger partial charge in [-0.15, -0.1) is 0 Å². The van der Waals surface area contributed by atoms with Crippen molar-refractivity contribution in [2.24, 2.45) is 0 Å². The number of halogens is 1. The monoisotopic (exact) mass is 243 g/mol. The Morgan fingerprint density at radius 2 is 2.15 bits per heavy atom. The molecule has 4 heteroatoms. The van der Waals surface area contributed by atoms with Crippen LogP contribution in [0.3, 0.4) is 0 Å². The number of rotatable bonds is 2. The average molecular weight is 244 g/mol. The first-order valence-electron chi connectivity index (χ1n) is 3.74. The second-order valence-corrected chi connectivity index (χ2v) is 3.48. The second-order valence-electron chi connectivity index (χ2n) is 2.56. The summed E-state index contributed by atoms with van der Waals surface area (Å²) < 4.78 is 5.91. The summed E-state index contributed by atoms with van der Waals surface area (Å²) in [7, 11) is 1.58. The molecule has 0 saturated heterocycles. The van der Waals surface area contributed by atoms with Gasteiger partial charge in [0, 0.05) is 23.2 Å². The van der Waals surface area contributed by atoms with Crippen molar-refractivity contribution in [1.29, 1.82) is 0 Å². The van der Waals surface area contributed by atoms with Crippen molar-refractivity contribution < 1.29 is 9.53 Å². The van der Waals surface area contributed by atoms with Gasteiger partial charge in [-0.3, -0.25) is 4.79 Å². The molecule has 0 saturated carbocycles. The van der Waals surface area contributed by atoms with Crippen molar-refractivity contribution in [3.8, 4) is 5.75 Å². The van der Waals surface area contributed by atoms with Crippen LogP contribution in [0, 0.1) is 0 Å². The van der Waals surface area contributed by atoms with E-state index in [1.807, 2.05) is 12.1 Å². The molecule has 0 aliphatic rings. The molecule has 1 N–H and O–H groups in total. The number of hydrogen-bond donors (Lipinski definition) is 1. The summed E-state index contributed by atoms with van der Waals surface area (Å²) in [6, 6.07) is 5.39. The average Bonchev–Trinajstić information content (AvgIpc) is 2.01. The van der Waals surface area contributed by atoms with Crippen molar-refractivity contribution in [1.82, 2.24) is 0 Å². The zero-order valence-electron chi connectivity index (χ0n) is 7.43. The van der Waals surface area contributed by atoms with E-state index in [4.69, 9.17) is 4.74 Å². The third-order valence-electron chi connectivity index (χ3n) is 1.43. The molecule has 0 radical (unpaired) electrons. The number of ether oxygens (including phenoxy) is 1. The van der Waals surface area contributed by atoms with Crippen LogP contribution in [0.5, 0.6) is 5.75 Å². The van der Waals surface area contributed by atoms with Crippen molar-refractivity contribution in [2.75, 3.05) is 12.4 Å². The second kappa shape index (κ2) is 4.28. The quantitative estimate of drug-likeness (QED) is 0.867. The fourth-order valence-electron chi connectivity index (χ4n) is 0.956. The number of anilines is 1. The first-order valence-corrected chi connectivity index (χ1v) is 4.53. The van der Waals surface area contributed by atoms with E-state index in [1.165, 1.54) is 6.92 Å². The lowest BCUT2D eigenvalue weighted by molar-refractivity contribution is -0.114. The van der Waals surface area contributed by atoms with Crippen LogP contribution in [0.25, 0.3) is 0 Å². The number of benzene rings is 1. The van der Waals surface area contributed by atoms with Crippen molar-refractivity contribution >= 4 is 27.5 Å². The standard InChI is InChI=1S/C9H10BrNO2/c1-6(12)11-8-3-7(10)4-9(5-8)13-2/h3-5H,1-2H3,(H,11,12). The minimum atomic E-state index is -0.0971. The van der Waals surface area contributed by atoms with Crippen molar-refractivity contribution in [3.05, 3.63) is 22.7 Å². The molecule has 0 aromatic heterocycles. The zero-order chi connectivity index (χ0) is 9.84. The molecule has 0 unspecified atom stereocenters. The Hall–Kier alpha value is -1.03. The summed E-state index contributed by atoms with van der Waals surface area (Å²) in [5.74, 6) is 0.610. The maximum Gasteiger partial charge on any atom is 0.221 e. The molecule has 0 fully saturated rings. The number of amides is 1. The van der Waals surface area contributed by atoms with Crippen LogP contribution in [0.4, 0.5) is 5.69 Å². The van der Waals surface area contributed by atoms with E-state index >= 15 is 0 Å². The van der Waals surface area contributed by atoms with Crippen LogP contribution in [-0.2, 0) is 4.79 Å². The van der Waals surface area contributed by atoms with E-state index < -0.39 is 0 Å². The van der Waals surface area contributed by atoms with Crippen LogP contribution in [0.1, 0.15) is 6.92 Å². The van der Waals surface area contributed by atoms with Gasteiger partial charge in [0.05, 0.1) is 7.11 Å². The Balaban J connectivity index is 2.94. The van der Waals surface area contributed by atoms with E-state index in [0.717, 1.165) is 10.2 Å². The summed E-state index contributed by atoms with van der Waals surface area (Å²) in [6.45, 7) is 1.47. The fourth-order valence-corrected chi connectivity index (χ4v) is 1.43. The van der Waals surface area contributed by atoms with E-state index in [1.54, 1.807) is 13.2 Å². The van der Waals surface area contributed by atoms with Crippen LogP contribution < -0.4 is 10.1 Å².